The van der Waals surface area contributed by atoms with E-state index in [0.717, 1.165) is 5.56 Å². The van der Waals surface area contributed by atoms with E-state index in [-0.39, 0.29) is 12.2 Å². The number of carbonyl (C=O) groups is 1. The highest BCUT2D eigenvalue weighted by molar-refractivity contribution is 7.07. The second-order valence-corrected chi connectivity index (χ2v) is 10.3. The summed E-state index contributed by atoms with van der Waals surface area (Å²) in [6.07, 6.45) is 1.66. The first-order valence-corrected chi connectivity index (χ1v) is 13.3. The number of furan rings is 1. The van der Waals surface area contributed by atoms with Crippen LogP contribution in [0.4, 0.5) is 0 Å². The van der Waals surface area contributed by atoms with Gasteiger partial charge in [0.05, 0.1) is 40.6 Å². The van der Waals surface area contributed by atoms with E-state index in [1.165, 1.54) is 15.9 Å². The van der Waals surface area contributed by atoms with Crippen LogP contribution in [0.5, 0.6) is 5.75 Å². The van der Waals surface area contributed by atoms with E-state index >= 15 is 0 Å². The molecule has 2 aromatic carbocycles. The number of hydrogen-bond donors (Lipinski definition) is 0. The van der Waals surface area contributed by atoms with Crippen LogP contribution in [-0.2, 0) is 9.53 Å². The number of ether oxygens (including phenoxy) is 2. The number of aromatic nitrogens is 1. The van der Waals surface area contributed by atoms with Crippen molar-refractivity contribution < 1.29 is 18.7 Å². The molecular weight excluding hydrogens is 547 g/mol. The van der Waals surface area contributed by atoms with E-state index < -0.39 is 12.0 Å². The zero-order valence-corrected chi connectivity index (χ0v) is 23.0. The van der Waals surface area contributed by atoms with Crippen LogP contribution in [0, 0.1) is 0 Å². The number of allylic oxidation sites excluding steroid dienone is 1. The maximum atomic E-state index is 13.7. The van der Waals surface area contributed by atoms with Crippen LogP contribution in [0.3, 0.4) is 0 Å². The molecule has 0 spiro atoms. The highest BCUT2D eigenvalue weighted by Gasteiger charge is 2.33. The Labute approximate surface area is 231 Å². The van der Waals surface area contributed by atoms with Gasteiger partial charge in [0.25, 0.3) is 5.56 Å². The molecule has 1 aliphatic rings. The molecule has 0 bridgehead atoms. The fraction of sp³-hybridized carbons (Fsp3) is 0.179. The number of methoxy groups -OCH3 is 1. The molecule has 1 aliphatic heterocycles. The van der Waals surface area contributed by atoms with Gasteiger partial charge in [0.2, 0.25) is 0 Å². The maximum Gasteiger partial charge on any atom is 0.338 e. The van der Waals surface area contributed by atoms with Crippen molar-refractivity contribution in [1.29, 1.82) is 0 Å². The minimum Gasteiger partial charge on any atom is -0.497 e. The molecule has 2 aromatic heterocycles. The smallest absolute Gasteiger partial charge is 0.338 e. The van der Waals surface area contributed by atoms with Gasteiger partial charge in [0.1, 0.15) is 17.3 Å². The summed E-state index contributed by atoms with van der Waals surface area (Å²) in [6, 6.07) is 15.2. The number of esters is 1. The highest BCUT2D eigenvalue weighted by atomic mass is 35.5. The topological polar surface area (TPSA) is 83.0 Å². The second-order valence-electron chi connectivity index (χ2n) is 8.40. The molecular formula is C28H22Cl2N2O5S. The number of carbonyl (C=O) groups excluding carboxylic acids is 1. The summed E-state index contributed by atoms with van der Waals surface area (Å²) in [5, 5.41) is 0.981. The summed E-state index contributed by atoms with van der Waals surface area (Å²) in [5.74, 6) is 1.16. The van der Waals surface area contributed by atoms with Gasteiger partial charge in [-0.15, -0.1) is 0 Å². The molecule has 194 valence electrons. The summed E-state index contributed by atoms with van der Waals surface area (Å²) in [4.78, 5) is 31.8. The van der Waals surface area contributed by atoms with Gasteiger partial charge < -0.3 is 13.9 Å². The van der Waals surface area contributed by atoms with Crippen LogP contribution in [-0.4, -0.2) is 24.3 Å². The number of rotatable bonds is 6. The van der Waals surface area contributed by atoms with Crippen molar-refractivity contribution in [2.24, 2.45) is 4.99 Å². The van der Waals surface area contributed by atoms with Gasteiger partial charge in [-0.25, -0.2) is 9.79 Å². The number of benzene rings is 2. The van der Waals surface area contributed by atoms with Gasteiger partial charge in [0, 0.05) is 16.7 Å². The molecule has 0 N–H and O–H groups in total. The fourth-order valence-electron chi connectivity index (χ4n) is 4.29. The standard InChI is InChI=1S/C28H22Cl2N2O5S/c1-4-36-27(34)24-15(2)31-28-32(25(24)16-5-8-18(35-3)9-6-16)26(33)23(38-28)14-19-10-12-22(37-19)20-11-7-17(29)13-21(20)30/h5-14,25H,4H2,1-3H3/b23-14-/t25-/m0/s1. The summed E-state index contributed by atoms with van der Waals surface area (Å²) in [7, 11) is 1.58. The Hall–Kier alpha value is -3.59. The van der Waals surface area contributed by atoms with Gasteiger partial charge in [-0.2, -0.15) is 0 Å². The summed E-state index contributed by atoms with van der Waals surface area (Å²) in [5.41, 5.74) is 1.93. The first-order valence-electron chi connectivity index (χ1n) is 11.7. The van der Waals surface area contributed by atoms with Crippen LogP contribution in [0.1, 0.15) is 31.2 Å². The number of hydrogen-bond acceptors (Lipinski definition) is 7. The van der Waals surface area contributed by atoms with E-state index in [1.54, 1.807) is 69.5 Å². The number of halogens is 2. The molecule has 4 aromatic rings. The van der Waals surface area contributed by atoms with Crippen LogP contribution < -0.4 is 19.6 Å². The predicted molar refractivity (Wildman–Crippen MR) is 148 cm³/mol. The minimum atomic E-state index is -0.710. The van der Waals surface area contributed by atoms with Crippen molar-refractivity contribution in [2.45, 2.75) is 19.9 Å². The number of fused-ring (bicyclic) bond motifs is 1. The first kappa shape index (κ1) is 26.0. The molecule has 3 heterocycles. The van der Waals surface area contributed by atoms with Gasteiger partial charge >= 0.3 is 5.97 Å². The Balaban J connectivity index is 1.63. The molecule has 0 fully saturated rings. The molecule has 0 radical (unpaired) electrons. The monoisotopic (exact) mass is 568 g/mol. The lowest BCUT2D eigenvalue weighted by Gasteiger charge is -2.24. The van der Waals surface area contributed by atoms with Crippen LogP contribution in [0.25, 0.3) is 17.4 Å². The number of thiazole rings is 1. The average molecular weight is 569 g/mol. The van der Waals surface area contributed by atoms with Crippen molar-refractivity contribution in [3.05, 3.63) is 107 Å². The SMILES string of the molecule is CCOC(=O)C1=C(C)N=c2s/c(=C\c3ccc(-c4ccc(Cl)cc4Cl)o3)c(=O)n2[C@H]1c1ccc(OC)cc1. The minimum absolute atomic E-state index is 0.202. The first-order chi connectivity index (χ1) is 18.3. The summed E-state index contributed by atoms with van der Waals surface area (Å²) >= 11 is 13.6. The Morgan fingerprint density at radius 3 is 2.61 bits per heavy atom. The average Bonchev–Trinajstić information content (AvgIpc) is 3.47. The Kier molecular flexibility index (Phi) is 7.29. The van der Waals surface area contributed by atoms with Crippen LogP contribution >= 0.6 is 34.5 Å². The van der Waals surface area contributed by atoms with Crippen LogP contribution in [0.15, 0.2) is 80.1 Å². The van der Waals surface area contributed by atoms with E-state index in [1.807, 2.05) is 12.1 Å². The number of nitrogens with zero attached hydrogens (tertiary/aromatic N) is 2. The molecule has 7 nitrogen and oxygen atoms in total. The van der Waals surface area contributed by atoms with Crippen molar-refractivity contribution in [3.63, 3.8) is 0 Å². The molecule has 5 rings (SSSR count). The van der Waals surface area contributed by atoms with Gasteiger partial charge in [-0.3, -0.25) is 9.36 Å². The van der Waals surface area contributed by atoms with Crippen LogP contribution in [0.2, 0.25) is 10.0 Å². The Bertz CT molecular complexity index is 1750. The largest absolute Gasteiger partial charge is 0.497 e. The molecule has 0 aliphatic carbocycles. The molecule has 0 saturated carbocycles. The van der Waals surface area contributed by atoms with Crippen molar-refractivity contribution in [3.8, 4) is 17.1 Å². The summed E-state index contributed by atoms with van der Waals surface area (Å²) < 4.78 is 18.5. The lowest BCUT2D eigenvalue weighted by molar-refractivity contribution is -0.139. The van der Waals surface area contributed by atoms with Crippen molar-refractivity contribution in [1.82, 2.24) is 4.57 Å². The third-order valence-electron chi connectivity index (χ3n) is 6.05. The Morgan fingerprint density at radius 1 is 1.16 bits per heavy atom. The van der Waals surface area contributed by atoms with Crippen molar-refractivity contribution >= 4 is 46.6 Å². The zero-order chi connectivity index (χ0) is 27.0. The lowest BCUT2D eigenvalue weighted by Crippen LogP contribution is -2.39. The molecule has 1 atom stereocenters. The molecule has 38 heavy (non-hydrogen) atoms. The van der Waals surface area contributed by atoms with E-state index in [2.05, 4.69) is 4.99 Å². The third-order valence-corrected chi connectivity index (χ3v) is 7.58. The normalized spacial score (nSPS) is 15.3. The summed E-state index contributed by atoms with van der Waals surface area (Å²) in [6.45, 7) is 3.68. The van der Waals surface area contributed by atoms with E-state index in [9.17, 15) is 9.59 Å². The maximum absolute atomic E-state index is 13.7. The zero-order valence-electron chi connectivity index (χ0n) is 20.7. The molecule has 0 amide bonds. The quantitative estimate of drug-likeness (QED) is 0.292. The highest BCUT2D eigenvalue weighted by Crippen LogP contribution is 2.33. The fourth-order valence-corrected chi connectivity index (χ4v) is 5.82. The lowest BCUT2D eigenvalue weighted by atomic mass is 9.96. The molecule has 0 unspecified atom stereocenters. The molecule has 10 heteroatoms. The van der Waals surface area contributed by atoms with Gasteiger partial charge in [-0.1, -0.05) is 46.7 Å². The predicted octanol–water partition coefficient (Wildman–Crippen LogP) is 5.37. The van der Waals surface area contributed by atoms with E-state index in [4.69, 9.17) is 37.1 Å². The third kappa shape index (κ3) is 4.82. The second kappa shape index (κ2) is 10.6. The van der Waals surface area contributed by atoms with Gasteiger partial charge in [-0.05, 0) is 61.9 Å². The molecule has 0 saturated heterocycles. The van der Waals surface area contributed by atoms with Crippen molar-refractivity contribution in [2.75, 3.05) is 13.7 Å². The van der Waals surface area contributed by atoms with E-state index in [0.29, 0.717) is 53.5 Å². The van der Waals surface area contributed by atoms with Gasteiger partial charge in [0.15, 0.2) is 4.80 Å². The Morgan fingerprint density at radius 2 is 1.92 bits per heavy atom.